The number of halogens is 3. The second-order valence-electron chi connectivity index (χ2n) is 18.5. The Hall–Kier alpha value is -10.4. The maximum Gasteiger partial charge on any atom is 0.416 e. The van der Waals surface area contributed by atoms with Gasteiger partial charge in [0.25, 0.3) is 0 Å². The summed E-state index contributed by atoms with van der Waals surface area (Å²) in [6, 6.07) is 76.6. The van der Waals surface area contributed by atoms with Gasteiger partial charge < -0.3 is 9.13 Å². The standard InChI is InChI=1S/C66H38F3N7/c67-66(68,69)48-30-31-53(62(38-48)76-58-26-14-12-24-52(58)55-36-44(28-33-61(55)76)50-22-10-8-20-47(50)40-71)56-37-45(65-73-63(41-15-3-1-4-16-41)72-64(74-65)42-17-5-2-6-18-42)29-34-60(56)75-57-25-13-11-23-51(57)54-35-43(27-32-59(54)75)49-21-9-7-19-46(49)39-70/h1-38H. The number of hydrogen-bond acceptors (Lipinski definition) is 5. The molecule has 0 spiro atoms. The van der Waals surface area contributed by atoms with Gasteiger partial charge in [-0.05, 0) is 101 Å². The number of para-hydroxylation sites is 2. The Bertz CT molecular complexity index is 4480. The Morgan fingerprint density at radius 2 is 0.763 bits per heavy atom. The van der Waals surface area contributed by atoms with Crippen LogP contribution in [0.1, 0.15) is 16.7 Å². The number of aromatic nitrogens is 5. The zero-order valence-corrected chi connectivity index (χ0v) is 40.2. The van der Waals surface area contributed by atoms with Crippen LogP contribution in [0.25, 0.3) is 123 Å². The van der Waals surface area contributed by atoms with Crippen molar-refractivity contribution in [2.45, 2.75) is 6.18 Å². The summed E-state index contributed by atoms with van der Waals surface area (Å²) in [4.78, 5) is 15.1. The number of hydrogen-bond donors (Lipinski definition) is 0. The molecular formula is C66H38F3N7. The molecule has 0 bridgehead atoms. The Balaban J connectivity index is 1.12. The molecule has 0 aliphatic heterocycles. The van der Waals surface area contributed by atoms with Gasteiger partial charge >= 0.3 is 6.18 Å². The Morgan fingerprint density at radius 1 is 0.329 bits per heavy atom. The third-order valence-corrected chi connectivity index (χ3v) is 14.1. The van der Waals surface area contributed by atoms with Crippen LogP contribution in [0, 0.1) is 22.7 Å². The Labute approximate surface area is 433 Å². The first-order valence-electron chi connectivity index (χ1n) is 24.5. The predicted octanol–water partition coefficient (Wildman–Crippen LogP) is 16.8. The lowest BCUT2D eigenvalue weighted by Crippen LogP contribution is -2.08. The second kappa shape index (κ2) is 18.3. The van der Waals surface area contributed by atoms with Crippen LogP contribution < -0.4 is 0 Å². The highest BCUT2D eigenvalue weighted by molar-refractivity contribution is 6.13. The van der Waals surface area contributed by atoms with Crippen molar-refractivity contribution in [2.75, 3.05) is 0 Å². The fraction of sp³-hybridized carbons (Fsp3) is 0.0152. The highest BCUT2D eigenvalue weighted by atomic mass is 19.4. The molecule has 0 aliphatic rings. The SMILES string of the molecule is N#Cc1ccccc1-c1ccc2c(c1)c1ccccc1n2-c1ccc(-c2nc(-c3ccccc3)nc(-c3ccccc3)n2)cc1-c1ccc(C(F)(F)F)cc1-n1c2ccccc2c2cc(-c3ccccc3C#N)ccc21. The quantitative estimate of drug-likeness (QED) is 0.151. The van der Waals surface area contributed by atoms with E-state index in [4.69, 9.17) is 15.0 Å². The van der Waals surface area contributed by atoms with Gasteiger partial charge in [0, 0.05) is 49.4 Å². The first-order valence-corrected chi connectivity index (χ1v) is 24.5. The molecule has 76 heavy (non-hydrogen) atoms. The molecule has 13 rings (SSSR count). The predicted molar refractivity (Wildman–Crippen MR) is 296 cm³/mol. The average molecular weight is 986 g/mol. The minimum Gasteiger partial charge on any atom is -0.309 e. The van der Waals surface area contributed by atoms with Gasteiger partial charge in [0.05, 0.1) is 62.3 Å². The topological polar surface area (TPSA) is 96.1 Å². The highest BCUT2D eigenvalue weighted by Gasteiger charge is 2.33. The molecule has 358 valence electrons. The van der Waals surface area contributed by atoms with E-state index < -0.39 is 11.7 Å². The lowest BCUT2D eigenvalue weighted by Gasteiger charge is -2.21. The van der Waals surface area contributed by atoms with Crippen molar-refractivity contribution in [1.29, 1.82) is 10.5 Å². The molecule has 0 amide bonds. The number of rotatable bonds is 8. The van der Waals surface area contributed by atoms with Crippen molar-refractivity contribution < 1.29 is 13.2 Å². The molecule has 0 saturated heterocycles. The van der Waals surface area contributed by atoms with E-state index in [0.29, 0.717) is 67.7 Å². The summed E-state index contributed by atoms with van der Waals surface area (Å²) in [6.07, 6.45) is -4.69. The summed E-state index contributed by atoms with van der Waals surface area (Å²) in [7, 11) is 0. The molecule has 10 heteroatoms. The summed E-state index contributed by atoms with van der Waals surface area (Å²) in [5.41, 5.74) is 10.9. The van der Waals surface area contributed by atoms with Crippen molar-refractivity contribution in [2.24, 2.45) is 0 Å². The maximum atomic E-state index is 15.3. The third kappa shape index (κ3) is 7.72. The van der Waals surface area contributed by atoms with Crippen LogP contribution in [-0.2, 0) is 6.18 Å². The van der Waals surface area contributed by atoms with Crippen LogP contribution in [0.5, 0.6) is 0 Å². The summed E-state index contributed by atoms with van der Waals surface area (Å²) < 4.78 is 50.0. The number of nitriles is 2. The van der Waals surface area contributed by atoms with E-state index in [0.717, 1.165) is 72.0 Å². The third-order valence-electron chi connectivity index (χ3n) is 14.1. The van der Waals surface area contributed by atoms with Gasteiger partial charge in [-0.25, -0.2) is 15.0 Å². The molecular weight excluding hydrogens is 948 g/mol. The minimum atomic E-state index is -4.69. The number of nitrogens with zero attached hydrogens (tertiary/aromatic N) is 7. The van der Waals surface area contributed by atoms with E-state index in [2.05, 4.69) is 28.8 Å². The van der Waals surface area contributed by atoms with Gasteiger partial charge in [-0.1, -0.05) is 152 Å². The lowest BCUT2D eigenvalue weighted by molar-refractivity contribution is -0.137. The molecule has 0 saturated carbocycles. The molecule has 10 aromatic carbocycles. The van der Waals surface area contributed by atoms with E-state index in [1.165, 1.54) is 6.07 Å². The van der Waals surface area contributed by atoms with E-state index in [1.807, 2.05) is 193 Å². The number of alkyl halides is 3. The van der Waals surface area contributed by atoms with Crippen LogP contribution >= 0.6 is 0 Å². The monoisotopic (exact) mass is 985 g/mol. The van der Waals surface area contributed by atoms with Crippen molar-refractivity contribution in [1.82, 2.24) is 24.1 Å². The Kier molecular flexibility index (Phi) is 10.9. The fourth-order valence-corrected chi connectivity index (χ4v) is 10.6. The Morgan fingerprint density at radius 3 is 1.28 bits per heavy atom. The highest BCUT2D eigenvalue weighted by Crippen LogP contribution is 2.45. The number of benzene rings is 10. The molecule has 0 radical (unpaired) electrons. The normalized spacial score (nSPS) is 11.6. The lowest BCUT2D eigenvalue weighted by atomic mass is 9.96. The van der Waals surface area contributed by atoms with E-state index in [1.54, 1.807) is 18.2 Å². The molecule has 7 nitrogen and oxygen atoms in total. The molecule has 0 N–H and O–H groups in total. The second-order valence-corrected chi connectivity index (χ2v) is 18.5. The van der Waals surface area contributed by atoms with Crippen molar-refractivity contribution >= 4 is 43.6 Å². The first kappa shape index (κ1) is 45.4. The largest absolute Gasteiger partial charge is 0.416 e. The van der Waals surface area contributed by atoms with Crippen LogP contribution in [-0.4, -0.2) is 24.1 Å². The fourth-order valence-electron chi connectivity index (χ4n) is 10.6. The minimum absolute atomic E-state index is 0.298. The van der Waals surface area contributed by atoms with Gasteiger partial charge in [0.1, 0.15) is 0 Å². The van der Waals surface area contributed by atoms with E-state index in [-0.39, 0.29) is 0 Å². The molecule has 0 atom stereocenters. The molecule has 3 aromatic heterocycles. The first-order chi connectivity index (χ1) is 37.2. The molecule has 3 heterocycles. The van der Waals surface area contributed by atoms with Gasteiger partial charge in [-0.2, -0.15) is 23.7 Å². The van der Waals surface area contributed by atoms with Crippen molar-refractivity contribution in [3.8, 4) is 91.1 Å². The number of fused-ring (bicyclic) bond motifs is 6. The summed E-state index contributed by atoms with van der Waals surface area (Å²) >= 11 is 0. The zero-order chi connectivity index (χ0) is 51.5. The molecule has 0 fully saturated rings. The maximum absolute atomic E-state index is 15.3. The van der Waals surface area contributed by atoms with Crippen LogP contribution in [0.2, 0.25) is 0 Å². The smallest absolute Gasteiger partial charge is 0.309 e. The average Bonchev–Trinajstić information content (AvgIpc) is 4.11. The zero-order valence-electron chi connectivity index (χ0n) is 40.2. The van der Waals surface area contributed by atoms with Crippen LogP contribution in [0.3, 0.4) is 0 Å². The van der Waals surface area contributed by atoms with Crippen molar-refractivity contribution in [3.63, 3.8) is 0 Å². The van der Waals surface area contributed by atoms with Gasteiger partial charge in [-0.3, -0.25) is 0 Å². The summed E-state index contributed by atoms with van der Waals surface area (Å²) in [6.45, 7) is 0. The van der Waals surface area contributed by atoms with Crippen LogP contribution in [0.4, 0.5) is 13.2 Å². The molecule has 0 unspecified atom stereocenters. The van der Waals surface area contributed by atoms with E-state index in [9.17, 15) is 10.5 Å². The van der Waals surface area contributed by atoms with Gasteiger partial charge in [0.2, 0.25) is 0 Å². The summed E-state index contributed by atoms with van der Waals surface area (Å²) in [5.74, 6) is 1.30. The van der Waals surface area contributed by atoms with Gasteiger partial charge in [0.15, 0.2) is 17.5 Å². The van der Waals surface area contributed by atoms with Gasteiger partial charge in [-0.15, -0.1) is 0 Å². The van der Waals surface area contributed by atoms with Crippen molar-refractivity contribution in [3.05, 3.63) is 247 Å². The molecule has 0 aliphatic carbocycles. The van der Waals surface area contributed by atoms with Crippen LogP contribution in [0.15, 0.2) is 231 Å². The molecule has 13 aromatic rings. The van der Waals surface area contributed by atoms with E-state index >= 15 is 13.2 Å². The summed E-state index contributed by atoms with van der Waals surface area (Å²) in [5, 5.41) is 23.7.